The lowest BCUT2D eigenvalue weighted by Crippen LogP contribution is -2.27. The summed E-state index contributed by atoms with van der Waals surface area (Å²) in [6, 6.07) is 6.37. The molecule has 1 aromatic carbocycles. The van der Waals surface area contributed by atoms with E-state index in [1.165, 1.54) is 19.3 Å². The molecule has 1 atom stereocenters. The second-order valence-electron chi connectivity index (χ2n) is 5.72. The molecule has 0 bridgehead atoms. The zero-order chi connectivity index (χ0) is 12.5. The quantitative estimate of drug-likeness (QED) is 0.881. The first-order chi connectivity index (χ1) is 8.72. The molecule has 1 N–H and O–H groups in total. The maximum absolute atomic E-state index is 13.6. The number of hydrogen-bond acceptors (Lipinski definition) is 2. The van der Waals surface area contributed by atoms with Gasteiger partial charge in [-0.3, -0.25) is 0 Å². The van der Waals surface area contributed by atoms with Gasteiger partial charge < -0.3 is 10.2 Å². The first-order valence-corrected chi connectivity index (χ1v) is 6.97. The Morgan fingerprint density at radius 3 is 2.89 bits per heavy atom. The number of nitrogens with zero attached hydrogens (tertiary/aromatic N) is 1. The molecule has 1 heterocycles. The Hall–Kier alpha value is -1.09. The molecule has 1 saturated carbocycles. The molecule has 18 heavy (non-hydrogen) atoms. The largest absolute Gasteiger partial charge is 0.371 e. The number of benzene rings is 1. The van der Waals surface area contributed by atoms with Gasteiger partial charge in [-0.15, -0.1) is 0 Å². The van der Waals surface area contributed by atoms with Crippen molar-refractivity contribution in [3.05, 3.63) is 29.6 Å². The normalized spacial score (nSPS) is 23.7. The molecule has 2 nitrogen and oxygen atoms in total. The molecule has 2 aliphatic rings. The molecular weight excluding hydrogens is 227 g/mol. The minimum Gasteiger partial charge on any atom is -0.371 e. The third-order valence-electron chi connectivity index (χ3n) is 4.08. The van der Waals surface area contributed by atoms with Crippen molar-refractivity contribution in [1.82, 2.24) is 5.32 Å². The molecule has 3 rings (SSSR count). The van der Waals surface area contributed by atoms with Crippen LogP contribution in [0.15, 0.2) is 18.2 Å². The van der Waals surface area contributed by atoms with Gasteiger partial charge in [-0.05, 0) is 56.3 Å². The lowest BCUT2D eigenvalue weighted by Gasteiger charge is -2.19. The van der Waals surface area contributed by atoms with Crippen LogP contribution in [0.1, 0.15) is 24.8 Å². The van der Waals surface area contributed by atoms with Crippen LogP contribution in [0.5, 0.6) is 0 Å². The van der Waals surface area contributed by atoms with Gasteiger partial charge in [-0.2, -0.15) is 0 Å². The second-order valence-corrected chi connectivity index (χ2v) is 5.72. The number of aryl methyl sites for hydroxylation is 1. The van der Waals surface area contributed by atoms with Crippen molar-refractivity contribution in [2.24, 2.45) is 5.92 Å². The summed E-state index contributed by atoms with van der Waals surface area (Å²) in [5.74, 6) is 0.627. The summed E-state index contributed by atoms with van der Waals surface area (Å²) < 4.78 is 13.6. The Kier molecular flexibility index (Phi) is 3.25. The van der Waals surface area contributed by atoms with E-state index in [4.69, 9.17) is 0 Å². The summed E-state index contributed by atoms with van der Waals surface area (Å²) in [6.45, 7) is 5.04. The van der Waals surface area contributed by atoms with E-state index < -0.39 is 0 Å². The van der Waals surface area contributed by atoms with Gasteiger partial charge in [-0.1, -0.05) is 6.07 Å². The van der Waals surface area contributed by atoms with Crippen molar-refractivity contribution in [3.63, 3.8) is 0 Å². The zero-order valence-electron chi connectivity index (χ0n) is 11.0. The number of rotatable bonds is 4. The SMILES string of the molecule is Cc1ccc(N2CCC(CNC3CC3)C2)cc1F. The van der Waals surface area contributed by atoms with Crippen molar-refractivity contribution in [1.29, 1.82) is 0 Å². The summed E-state index contributed by atoms with van der Waals surface area (Å²) in [4.78, 5) is 2.31. The Morgan fingerprint density at radius 2 is 2.17 bits per heavy atom. The monoisotopic (exact) mass is 248 g/mol. The van der Waals surface area contributed by atoms with Crippen LogP contribution in [0.2, 0.25) is 0 Å². The van der Waals surface area contributed by atoms with Crippen LogP contribution >= 0.6 is 0 Å². The Morgan fingerprint density at radius 1 is 1.33 bits per heavy atom. The highest BCUT2D eigenvalue weighted by Crippen LogP contribution is 2.26. The first-order valence-electron chi connectivity index (χ1n) is 6.97. The minimum atomic E-state index is -0.0907. The van der Waals surface area contributed by atoms with E-state index in [1.54, 1.807) is 6.07 Å². The summed E-state index contributed by atoms with van der Waals surface area (Å²) in [6.07, 6.45) is 3.91. The van der Waals surface area contributed by atoms with E-state index in [0.29, 0.717) is 0 Å². The molecule has 1 unspecified atom stereocenters. The van der Waals surface area contributed by atoms with Crippen LogP contribution in [-0.2, 0) is 0 Å². The highest BCUT2D eigenvalue weighted by molar-refractivity contribution is 5.49. The van der Waals surface area contributed by atoms with Gasteiger partial charge in [0.1, 0.15) is 5.82 Å². The predicted octanol–water partition coefficient (Wildman–Crippen LogP) is 2.71. The van der Waals surface area contributed by atoms with Gasteiger partial charge in [0.25, 0.3) is 0 Å². The molecule has 0 amide bonds. The summed E-state index contributed by atoms with van der Waals surface area (Å²) in [5, 5.41) is 3.59. The topological polar surface area (TPSA) is 15.3 Å². The number of halogens is 1. The van der Waals surface area contributed by atoms with Gasteiger partial charge in [0.05, 0.1) is 0 Å². The van der Waals surface area contributed by atoms with Crippen molar-refractivity contribution in [3.8, 4) is 0 Å². The Labute approximate surface area is 108 Å². The molecule has 0 aromatic heterocycles. The van der Waals surface area contributed by atoms with Gasteiger partial charge >= 0.3 is 0 Å². The smallest absolute Gasteiger partial charge is 0.128 e. The van der Waals surface area contributed by atoms with Crippen LogP contribution in [0.25, 0.3) is 0 Å². The van der Waals surface area contributed by atoms with Gasteiger partial charge in [0.15, 0.2) is 0 Å². The third kappa shape index (κ3) is 2.66. The predicted molar refractivity (Wildman–Crippen MR) is 72.5 cm³/mol. The van der Waals surface area contributed by atoms with Crippen LogP contribution in [-0.4, -0.2) is 25.7 Å². The highest BCUT2D eigenvalue weighted by atomic mass is 19.1. The summed E-state index contributed by atoms with van der Waals surface area (Å²) in [5.41, 5.74) is 1.76. The lowest BCUT2D eigenvalue weighted by molar-refractivity contribution is 0.515. The van der Waals surface area contributed by atoms with Gasteiger partial charge in [0.2, 0.25) is 0 Å². The maximum atomic E-state index is 13.6. The van der Waals surface area contributed by atoms with Crippen molar-refractivity contribution < 1.29 is 4.39 Å². The van der Waals surface area contributed by atoms with Crippen LogP contribution in [0.3, 0.4) is 0 Å². The second kappa shape index (κ2) is 4.88. The van der Waals surface area contributed by atoms with Crippen LogP contribution < -0.4 is 10.2 Å². The molecule has 1 aromatic rings. The third-order valence-corrected chi connectivity index (χ3v) is 4.08. The van der Waals surface area contributed by atoms with Crippen LogP contribution in [0.4, 0.5) is 10.1 Å². The standard InChI is InChI=1S/C15H21FN2/c1-11-2-5-14(8-15(11)16)18-7-6-12(10-18)9-17-13-3-4-13/h2,5,8,12-13,17H,3-4,6-7,9-10H2,1H3. The molecule has 1 saturated heterocycles. The molecular formula is C15H21FN2. The van der Waals surface area contributed by atoms with Crippen LogP contribution in [0, 0.1) is 18.7 Å². The molecule has 0 radical (unpaired) electrons. The Bertz CT molecular complexity index is 429. The van der Waals surface area contributed by atoms with Crippen molar-refractivity contribution in [2.45, 2.75) is 32.2 Å². The van der Waals surface area contributed by atoms with E-state index in [2.05, 4.69) is 10.2 Å². The first kappa shape index (κ1) is 12.0. The molecule has 2 fully saturated rings. The molecule has 0 spiro atoms. The van der Waals surface area contributed by atoms with E-state index >= 15 is 0 Å². The minimum absolute atomic E-state index is 0.0907. The summed E-state index contributed by atoms with van der Waals surface area (Å²) in [7, 11) is 0. The molecule has 98 valence electrons. The van der Waals surface area contributed by atoms with Gasteiger partial charge in [-0.25, -0.2) is 4.39 Å². The number of nitrogens with one attached hydrogen (secondary N) is 1. The molecule has 1 aliphatic carbocycles. The summed E-state index contributed by atoms with van der Waals surface area (Å²) >= 11 is 0. The number of hydrogen-bond donors (Lipinski definition) is 1. The van der Waals surface area contributed by atoms with Crippen molar-refractivity contribution in [2.75, 3.05) is 24.5 Å². The number of anilines is 1. The average Bonchev–Trinajstić information content (AvgIpc) is 3.08. The fourth-order valence-corrected chi connectivity index (χ4v) is 2.63. The average molecular weight is 248 g/mol. The van der Waals surface area contributed by atoms with E-state index in [-0.39, 0.29) is 5.82 Å². The molecule has 3 heteroatoms. The fraction of sp³-hybridized carbons (Fsp3) is 0.600. The highest BCUT2D eigenvalue weighted by Gasteiger charge is 2.26. The van der Waals surface area contributed by atoms with E-state index in [0.717, 1.165) is 42.8 Å². The molecule has 1 aliphatic heterocycles. The fourth-order valence-electron chi connectivity index (χ4n) is 2.63. The van der Waals surface area contributed by atoms with Gasteiger partial charge in [0, 0.05) is 24.8 Å². The van der Waals surface area contributed by atoms with E-state index in [9.17, 15) is 4.39 Å². The maximum Gasteiger partial charge on any atom is 0.128 e. The Balaban J connectivity index is 1.58. The van der Waals surface area contributed by atoms with E-state index in [1.807, 2.05) is 19.1 Å². The zero-order valence-corrected chi connectivity index (χ0v) is 11.0. The van der Waals surface area contributed by atoms with Crippen molar-refractivity contribution >= 4 is 5.69 Å². The lowest BCUT2D eigenvalue weighted by atomic mass is 10.1.